The molecule has 0 N–H and O–H groups in total. The minimum absolute atomic E-state index is 0.718. The van der Waals surface area contributed by atoms with Crippen LogP contribution in [0.15, 0.2) is 48.5 Å². The van der Waals surface area contributed by atoms with E-state index in [-0.39, 0.29) is 0 Å². The van der Waals surface area contributed by atoms with Crippen LogP contribution in [0.1, 0.15) is 43.6 Å². The van der Waals surface area contributed by atoms with E-state index in [4.69, 9.17) is 0 Å². The van der Waals surface area contributed by atoms with E-state index in [1.165, 1.54) is 48.8 Å². The quantitative estimate of drug-likeness (QED) is 0.671. The van der Waals surface area contributed by atoms with E-state index in [0.717, 1.165) is 5.92 Å². The molecule has 91 valence electrons. The molecule has 0 atom stereocenters. The van der Waals surface area contributed by atoms with E-state index in [1.807, 2.05) is 0 Å². The standard InChI is InChI=1S/C18H19/c1-3-9-15(10-4-1)17-13-7-8-14-18(17)16-11-5-2-6-12-16/h1,3-4,7-10,13,16H,2,5-6,11-12H2. The fraction of sp³-hybridized carbons (Fsp3) is 0.333. The number of benzene rings is 2. The molecular formula is C18H19. The van der Waals surface area contributed by atoms with Gasteiger partial charge in [0.2, 0.25) is 0 Å². The zero-order valence-electron chi connectivity index (χ0n) is 10.7. The minimum Gasteiger partial charge on any atom is -0.0622 e. The van der Waals surface area contributed by atoms with E-state index >= 15 is 0 Å². The molecule has 2 aromatic rings. The summed E-state index contributed by atoms with van der Waals surface area (Å²) in [5.74, 6) is 0.718. The van der Waals surface area contributed by atoms with E-state index in [0.29, 0.717) is 0 Å². The number of hydrogen-bond acceptors (Lipinski definition) is 0. The van der Waals surface area contributed by atoms with Crippen molar-refractivity contribution in [1.29, 1.82) is 0 Å². The highest BCUT2D eigenvalue weighted by molar-refractivity contribution is 5.67. The van der Waals surface area contributed by atoms with Gasteiger partial charge in [-0.2, -0.15) is 0 Å². The minimum atomic E-state index is 0.718. The average Bonchev–Trinajstić information content (AvgIpc) is 2.49. The van der Waals surface area contributed by atoms with Crippen LogP contribution in [0.4, 0.5) is 0 Å². The maximum atomic E-state index is 3.51. The van der Waals surface area contributed by atoms with Crippen LogP contribution in [0, 0.1) is 6.07 Å². The Hall–Kier alpha value is -1.56. The van der Waals surface area contributed by atoms with Crippen LogP contribution in [-0.4, -0.2) is 0 Å². The second-order valence-corrected chi connectivity index (χ2v) is 5.20. The molecule has 1 fully saturated rings. The fourth-order valence-corrected chi connectivity index (χ4v) is 3.05. The van der Waals surface area contributed by atoms with Crippen molar-refractivity contribution in [2.24, 2.45) is 0 Å². The van der Waals surface area contributed by atoms with Crippen LogP contribution < -0.4 is 0 Å². The Morgan fingerprint density at radius 2 is 1.61 bits per heavy atom. The van der Waals surface area contributed by atoms with Crippen LogP contribution in [0.3, 0.4) is 0 Å². The maximum Gasteiger partial charge on any atom is -0.0140 e. The molecular weight excluding hydrogens is 216 g/mol. The van der Waals surface area contributed by atoms with Gasteiger partial charge >= 0.3 is 0 Å². The summed E-state index contributed by atoms with van der Waals surface area (Å²) in [5.41, 5.74) is 4.14. The van der Waals surface area contributed by atoms with Crippen molar-refractivity contribution in [3.05, 3.63) is 60.2 Å². The lowest BCUT2D eigenvalue weighted by atomic mass is 9.81. The predicted octanol–water partition coefficient (Wildman–Crippen LogP) is 5.20. The second-order valence-electron chi connectivity index (χ2n) is 5.20. The molecule has 0 aromatic heterocycles. The predicted molar refractivity (Wildman–Crippen MR) is 76.5 cm³/mol. The van der Waals surface area contributed by atoms with Gasteiger partial charge < -0.3 is 0 Å². The Bertz CT molecular complexity index is 492. The molecule has 0 bridgehead atoms. The van der Waals surface area contributed by atoms with Gasteiger partial charge in [0, 0.05) is 0 Å². The molecule has 0 aliphatic heterocycles. The van der Waals surface area contributed by atoms with Crippen molar-refractivity contribution >= 4 is 0 Å². The van der Waals surface area contributed by atoms with Gasteiger partial charge in [-0.05, 0) is 41.5 Å². The first-order chi connectivity index (χ1) is 8.95. The van der Waals surface area contributed by atoms with Crippen LogP contribution in [0.2, 0.25) is 0 Å². The summed E-state index contributed by atoms with van der Waals surface area (Å²) in [6.07, 6.45) is 6.83. The highest BCUT2D eigenvalue weighted by Gasteiger charge is 2.18. The first-order valence-corrected chi connectivity index (χ1v) is 7.01. The van der Waals surface area contributed by atoms with E-state index < -0.39 is 0 Å². The lowest BCUT2D eigenvalue weighted by molar-refractivity contribution is 0.444. The van der Waals surface area contributed by atoms with Crippen LogP contribution in [0.25, 0.3) is 11.1 Å². The highest BCUT2D eigenvalue weighted by atomic mass is 14.2. The summed E-state index contributed by atoms with van der Waals surface area (Å²) >= 11 is 0. The third kappa shape index (κ3) is 2.33. The van der Waals surface area contributed by atoms with Gasteiger partial charge in [0.25, 0.3) is 0 Å². The molecule has 18 heavy (non-hydrogen) atoms. The Labute approximate surface area is 110 Å². The summed E-state index contributed by atoms with van der Waals surface area (Å²) in [6.45, 7) is 0. The molecule has 1 aliphatic rings. The van der Waals surface area contributed by atoms with Gasteiger partial charge in [-0.1, -0.05) is 67.8 Å². The second kappa shape index (κ2) is 5.39. The molecule has 0 unspecified atom stereocenters. The topological polar surface area (TPSA) is 0 Å². The van der Waals surface area contributed by atoms with Gasteiger partial charge in [0.05, 0.1) is 0 Å². The van der Waals surface area contributed by atoms with E-state index in [1.54, 1.807) is 0 Å². The summed E-state index contributed by atoms with van der Waals surface area (Å²) in [5, 5.41) is 0. The van der Waals surface area contributed by atoms with Gasteiger partial charge in [0.15, 0.2) is 0 Å². The molecule has 3 rings (SSSR count). The molecule has 0 saturated heterocycles. The zero-order chi connectivity index (χ0) is 12.2. The Morgan fingerprint density at radius 1 is 0.833 bits per heavy atom. The maximum absolute atomic E-state index is 3.51. The average molecular weight is 235 g/mol. The van der Waals surface area contributed by atoms with Crippen LogP contribution >= 0.6 is 0 Å². The first-order valence-electron chi connectivity index (χ1n) is 7.01. The van der Waals surface area contributed by atoms with Crippen LogP contribution in [0.5, 0.6) is 0 Å². The van der Waals surface area contributed by atoms with Gasteiger partial charge in [-0.25, -0.2) is 0 Å². The molecule has 0 heterocycles. The third-order valence-electron chi connectivity index (χ3n) is 3.99. The lowest BCUT2D eigenvalue weighted by Gasteiger charge is -2.24. The molecule has 1 radical (unpaired) electrons. The van der Waals surface area contributed by atoms with Crippen molar-refractivity contribution in [3.63, 3.8) is 0 Å². The van der Waals surface area contributed by atoms with Crippen molar-refractivity contribution in [1.82, 2.24) is 0 Å². The monoisotopic (exact) mass is 235 g/mol. The highest BCUT2D eigenvalue weighted by Crippen LogP contribution is 2.37. The first kappa shape index (κ1) is 11.5. The smallest absolute Gasteiger partial charge is 0.0140 e. The molecule has 1 saturated carbocycles. The van der Waals surface area contributed by atoms with Gasteiger partial charge in [0.1, 0.15) is 0 Å². The third-order valence-corrected chi connectivity index (χ3v) is 3.99. The van der Waals surface area contributed by atoms with Crippen molar-refractivity contribution < 1.29 is 0 Å². The molecule has 0 spiro atoms. The zero-order valence-corrected chi connectivity index (χ0v) is 10.7. The molecule has 0 amide bonds. The van der Waals surface area contributed by atoms with E-state index in [2.05, 4.69) is 54.6 Å². The molecule has 0 nitrogen and oxygen atoms in total. The summed E-state index contributed by atoms with van der Waals surface area (Å²) in [6, 6.07) is 20.6. The van der Waals surface area contributed by atoms with Crippen molar-refractivity contribution in [2.45, 2.75) is 38.0 Å². The fourth-order valence-electron chi connectivity index (χ4n) is 3.05. The largest absolute Gasteiger partial charge is 0.0622 e. The van der Waals surface area contributed by atoms with Crippen molar-refractivity contribution in [3.8, 4) is 11.1 Å². The van der Waals surface area contributed by atoms with Crippen LogP contribution in [-0.2, 0) is 0 Å². The number of hydrogen-bond donors (Lipinski definition) is 0. The van der Waals surface area contributed by atoms with Crippen molar-refractivity contribution in [2.75, 3.05) is 0 Å². The summed E-state index contributed by atoms with van der Waals surface area (Å²) in [7, 11) is 0. The van der Waals surface area contributed by atoms with E-state index in [9.17, 15) is 0 Å². The Morgan fingerprint density at radius 3 is 2.39 bits per heavy atom. The Kier molecular flexibility index (Phi) is 3.45. The summed E-state index contributed by atoms with van der Waals surface area (Å²) < 4.78 is 0. The van der Waals surface area contributed by atoms with Gasteiger partial charge in [-0.3, -0.25) is 0 Å². The number of rotatable bonds is 2. The Balaban J connectivity index is 1.99. The normalized spacial score (nSPS) is 16.7. The molecule has 0 heteroatoms. The SMILES string of the molecule is [c]1cccc(-c2ccccc2)c1C1CCCCC1. The van der Waals surface area contributed by atoms with Gasteiger partial charge in [-0.15, -0.1) is 0 Å². The summed E-state index contributed by atoms with van der Waals surface area (Å²) in [4.78, 5) is 0. The lowest BCUT2D eigenvalue weighted by Crippen LogP contribution is -2.06. The molecule has 1 aliphatic carbocycles. The molecule has 2 aromatic carbocycles.